The fourth-order valence-corrected chi connectivity index (χ4v) is 7.42. The van der Waals surface area contributed by atoms with Gasteiger partial charge >= 0.3 is 0 Å². The molecule has 0 amide bonds. The van der Waals surface area contributed by atoms with Crippen molar-refractivity contribution in [2.75, 3.05) is 0 Å². The van der Waals surface area contributed by atoms with Crippen LogP contribution >= 0.6 is 0 Å². The summed E-state index contributed by atoms with van der Waals surface area (Å²) >= 11 is 0. The molecule has 0 aliphatic carbocycles. The van der Waals surface area contributed by atoms with Gasteiger partial charge in [-0.15, -0.1) is 0 Å². The maximum absolute atomic E-state index is 6.62. The summed E-state index contributed by atoms with van der Waals surface area (Å²) in [5.41, 5.74) is 11.3. The van der Waals surface area contributed by atoms with Crippen LogP contribution in [0.1, 0.15) is 0 Å². The van der Waals surface area contributed by atoms with Gasteiger partial charge in [-0.1, -0.05) is 176 Å². The highest BCUT2D eigenvalue weighted by Crippen LogP contribution is 2.44. The highest BCUT2D eigenvalue weighted by Gasteiger charge is 2.20. The molecule has 8 aromatic carbocycles. The SMILES string of the molecule is c1ccc(-c2ccc(-c3nc(-c4ccccc4)nc(-c4cccc5c(-c6ccc(-c7ccccc7)c7oc8ccccc8c67)cccc45)n3)cc2)cc1. The van der Waals surface area contributed by atoms with E-state index >= 15 is 0 Å². The molecule has 0 saturated carbocycles. The fourth-order valence-electron chi connectivity index (χ4n) is 7.42. The summed E-state index contributed by atoms with van der Waals surface area (Å²) in [6.45, 7) is 0. The van der Waals surface area contributed by atoms with E-state index in [1.54, 1.807) is 0 Å². The molecule has 0 spiro atoms. The van der Waals surface area contributed by atoms with Crippen LogP contribution in [0.2, 0.25) is 0 Å². The first kappa shape index (κ1) is 30.6. The Kier molecular flexibility index (Phi) is 7.43. The normalized spacial score (nSPS) is 11.4. The van der Waals surface area contributed by atoms with Crippen molar-refractivity contribution in [3.05, 3.63) is 188 Å². The molecule has 10 aromatic rings. The third-order valence-electron chi connectivity index (χ3n) is 9.98. The Bertz CT molecular complexity index is 2920. The smallest absolute Gasteiger partial charge is 0.164 e. The number of fused-ring (bicyclic) bond motifs is 4. The number of aromatic nitrogens is 3. The Morgan fingerprint density at radius 2 is 0.755 bits per heavy atom. The molecule has 0 bridgehead atoms. The summed E-state index contributed by atoms with van der Waals surface area (Å²) in [6.07, 6.45) is 0. The van der Waals surface area contributed by atoms with Crippen molar-refractivity contribution in [2.24, 2.45) is 0 Å². The lowest BCUT2D eigenvalue weighted by molar-refractivity contribution is 0.670. The average molecular weight is 678 g/mol. The molecular formula is C49H31N3O. The van der Waals surface area contributed by atoms with Crippen LogP contribution in [0.4, 0.5) is 0 Å². The van der Waals surface area contributed by atoms with Gasteiger partial charge in [0.1, 0.15) is 11.2 Å². The van der Waals surface area contributed by atoms with Gasteiger partial charge in [-0.2, -0.15) is 0 Å². The molecule has 0 fully saturated rings. The lowest BCUT2D eigenvalue weighted by Gasteiger charge is -2.14. The maximum atomic E-state index is 6.62. The number of nitrogens with zero attached hydrogens (tertiary/aromatic N) is 3. The second kappa shape index (κ2) is 12.9. The molecule has 4 nitrogen and oxygen atoms in total. The number of hydrogen-bond acceptors (Lipinski definition) is 4. The van der Waals surface area contributed by atoms with E-state index in [9.17, 15) is 0 Å². The Hall–Kier alpha value is -7.17. The summed E-state index contributed by atoms with van der Waals surface area (Å²) < 4.78 is 6.62. The molecule has 248 valence electrons. The second-order valence-electron chi connectivity index (χ2n) is 13.2. The zero-order valence-electron chi connectivity index (χ0n) is 28.6. The van der Waals surface area contributed by atoms with Crippen LogP contribution in [0.3, 0.4) is 0 Å². The lowest BCUT2D eigenvalue weighted by atomic mass is 9.91. The van der Waals surface area contributed by atoms with E-state index in [1.807, 2.05) is 54.6 Å². The van der Waals surface area contributed by atoms with Gasteiger partial charge in [0.05, 0.1) is 0 Å². The van der Waals surface area contributed by atoms with Crippen molar-refractivity contribution < 1.29 is 4.42 Å². The highest BCUT2D eigenvalue weighted by molar-refractivity contribution is 6.19. The van der Waals surface area contributed by atoms with Gasteiger partial charge in [-0.05, 0) is 50.7 Å². The molecule has 2 heterocycles. The molecule has 0 unspecified atom stereocenters. The minimum atomic E-state index is 0.627. The average Bonchev–Trinajstić information content (AvgIpc) is 3.64. The van der Waals surface area contributed by atoms with Crippen molar-refractivity contribution in [3.8, 4) is 67.5 Å². The summed E-state index contributed by atoms with van der Waals surface area (Å²) in [4.78, 5) is 15.3. The molecule has 0 radical (unpaired) electrons. The van der Waals surface area contributed by atoms with E-state index in [2.05, 4.69) is 133 Å². The quantitative estimate of drug-likeness (QED) is 0.176. The molecule has 2 aromatic heterocycles. The number of benzene rings is 8. The van der Waals surface area contributed by atoms with Crippen LogP contribution in [0.15, 0.2) is 192 Å². The first-order valence-corrected chi connectivity index (χ1v) is 17.8. The van der Waals surface area contributed by atoms with Gasteiger partial charge in [0.15, 0.2) is 17.5 Å². The second-order valence-corrected chi connectivity index (χ2v) is 13.2. The van der Waals surface area contributed by atoms with Gasteiger partial charge in [0.25, 0.3) is 0 Å². The Labute approximate surface area is 306 Å². The third kappa shape index (κ3) is 5.45. The molecule has 0 aliphatic rings. The zero-order valence-corrected chi connectivity index (χ0v) is 28.6. The van der Waals surface area contributed by atoms with E-state index in [4.69, 9.17) is 19.4 Å². The van der Waals surface area contributed by atoms with Crippen LogP contribution in [0.5, 0.6) is 0 Å². The zero-order chi connectivity index (χ0) is 35.1. The van der Waals surface area contributed by atoms with Gasteiger partial charge in [-0.3, -0.25) is 0 Å². The Morgan fingerprint density at radius 1 is 0.283 bits per heavy atom. The van der Waals surface area contributed by atoms with Crippen LogP contribution < -0.4 is 0 Å². The third-order valence-corrected chi connectivity index (χ3v) is 9.98. The Morgan fingerprint density at radius 3 is 1.45 bits per heavy atom. The van der Waals surface area contributed by atoms with Crippen molar-refractivity contribution in [1.29, 1.82) is 0 Å². The minimum absolute atomic E-state index is 0.627. The number of furan rings is 1. The van der Waals surface area contributed by atoms with Crippen LogP contribution in [0.25, 0.3) is 100 Å². The number of hydrogen-bond donors (Lipinski definition) is 0. The molecule has 0 aliphatic heterocycles. The van der Waals surface area contributed by atoms with Crippen LogP contribution in [-0.2, 0) is 0 Å². The molecular weight excluding hydrogens is 647 g/mol. The van der Waals surface area contributed by atoms with E-state index < -0.39 is 0 Å². The largest absolute Gasteiger partial charge is 0.455 e. The van der Waals surface area contributed by atoms with Gasteiger partial charge in [0.2, 0.25) is 0 Å². The molecule has 10 rings (SSSR count). The van der Waals surface area contributed by atoms with Crippen LogP contribution in [-0.4, -0.2) is 15.0 Å². The molecule has 0 saturated heterocycles. The van der Waals surface area contributed by atoms with Gasteiger partial charge in [-0.25, -0.2) is 15.0 Å². The highest BCUT2D eigenvalue weighted by atomic mass is 16.3. The first-order chi connectivity index (χ1) is 26.3. The standard InChI is InChI=1S/C49H31N3O/c1-4-14-32(15-5-1)33-26-28-36(29-27-33)48-50-47(35-18-8-3-9-19-35)51-49(52-48)42-24-13-21-38-39(22-12-23-40(38)42)41-31-30-37(34-16-6-2-7-17-34)46-45(41)43-20-10-11-25-44(43)53-46/h1-31H. The topological polar surface area (TPSA) is 51.8 Å². The fraction of sp³-hybridized carbons (Fsp3) is 0. The van der Waals surface area contributed by atoms with E-state index in [1.165, 1.54) is 5.56 Å². The molecule has 0 N–H and O–H groups in total. The first-order valence-electron chi connectivity index (χ1n) is 17.8. The maximum Gasteiger partial charge on any atom is 0.164 e. The number of para-hydroxylation sites is 1. The van der Waals surface area contributed by atoms with Crippen LogP contribution in [0, 0.1) is 0 Å². The molecule has 53 heavy (non-hydrogen) atoms. The number of rotatable bonds is 6. The van der Waals surface area contributed by atoms with E-state index in [0.717, 1.165) is 77.2 Å². The summed E-state index contributed by atoms with van der Waals surface area (Å²) in [7, 11) is 0. The summed E-state index contributed by atoms with van der Waals surface area (Å²) in [5.74, 6) is 1.89. The van der Waals surface area contributed by atoms with Crippen molar-refractivity contribution in [2.45, 2.75) is 0 Å². The molecule has 0 atom stereocenters. The van der Waals surface area contributed by atoms with Gasteiger partial charge in [0, 0.05) is 33.0 Å². The van der Waals surface area contributed by atoms with Crippen molar-refractivity contribution in [1.82, 2.24) is 15.0 Å². The van der Waals surface area contributed by atoms with Gasteiger partial charge < -0.3 is 4.42 Å². The molecule has 4 heteroatoms. The Balaban J connectivity index is 1.16. The lowest BCUT2D eigenvalue weighted by Crippen LogP contribution is -2.00. The van der Waals surface area contributed by atoms with E-state index in [-0.39, 0.29) is 0 Å². The predicted molar refractivity (Wildman–Crippen MR) is 217 cm³/mol. The minimum Gasteiger partial charge on any atom is -0.455 e. The monoisotopic (exact) mass is 677 g/mol. The summed E-state index contributed by atoms with van der Waals surface area (Å²) in [6, 6.07) is 65.0. The predicted octanol–water partition coefficient (Wildman–Crippen LogP) is 12.9. The summed E-state index contributed by atoms with van der Waals surface area (Å²) in [5, 5.41) is 4.37. The van der Waals surface area contributed by atoms with Crippen molar-refractivity contribution >= 4 is 32.7 Å². The van der Waals surface area contributed by atoms with E-state index in [0.29, 0.717) is 17.5 Å². The van der Waals surface area contributed by atoms with Crippen molar-refractivity contribution in [3.63, 3.8) is 0 Å².